The monoisotopic (exact) mass is 488 g/mol. The molecule has 176 valence electrons. The van der Waals surface area contributed by atoms with Gasteiger partial charge in [-0.2, -0.15) is 5.10 Å². The first kappa shape index (κ1) is 23.6. The number of aromatic nitrogens is 1. The van der Waals surface area contributed by atoms with Crippen LogP contribution in [0.3, 0.4) is 0 Å². The van der Waals surface area contributed by atoms with Gasteiger partial charge >= 0.3 is 0 Å². The van der Waals surface area contributed by atoms with Crippen molar-refractivity contribution >= 4 is 45.0 Å². The Kier molecular flexibility index (Phi) is 6.86. The lowest BCUT2D eigenvalue weighted by atomic mass is 10.1. The summed E-state index contributed by atoms with van der Waals surface area (Å²) in [6, 6.07) is 21.5. The Bertz CT molecular complexity index is 1560. The molecule has 0 bridgehead atoms. The van der Waals surface area contributed by atoms with Gasteiger partial charge in [0.2, 0.25) is 0 Å². The first-order chi connectivity index (χ1) is 16.9. The maximum Gasteiger partial charge on any atom is 0.271 e. The Morgan fingerprint density at radius 1 is 0.943 bits per heavy atom. The molecule has 4 aromatic rings. The number of rotatable bonds is 7. The van der Waals surface area contributed by atoms with Crippen LogP contribution < -0.4 is 10.9 Å². The van der Waals surface area contributed by atoms with Crippen LogP contribution in [0, 0.1) is 0 Å². The van der Waals surface area contributed by atoms with E-state index in [-0.39, 0.29) is 4.90 Å². The molecule has 2 amide bonds. The van der Waals surface area contributed by atoms with Gasteiger partial charge in [0.1, 0.15) is 0 Å². The topological polar surface area (TPSA) is 130 Å². The second-order valence-electron chi connectivity index (χ2n) is 7.35. The van der Waals surface area contributed by atoms with Gasteiger partial charge in [0.25, 0.3) is 21.8 Å². The van der Waals surface area contributed by atoms with Gasteiger partial charge in [0, 0.05) is 28.8 Å². The molecule has 3 aromatic carbocycles. The Morgan fingerprint density at radius 3 is 2.46 bits per heavy atom. The van der Waals surface area contributed by atoms with E-state index in [1.807, 2.05) is 0 Å². The van der Waals surface area contributed by atoms with Gasteiger partial charge in [-0.3, -0.25) is 14.8 Å². The van der Waals surface area contributed by atoms with Crippen LogP contribution in [-0.4, -0.2) is 35.6 Å². The SMILES string of the molecule is O=C(/C=C/c1cccc(C(=O)N/N=C/c2cn(S(=O)(=O)c3ccccc3)c3ccccc23)c1)NO. The van der Waals surface area contributed by atoms with Crippen LogP contribution in [0.4, 0.5) is 0 Å². The van der Waals surface area contributed by atoms with Gasteiger partial charge in [0.15, 0.2) is 0 Å². The van der Waals surface area contributed by atoms with E-state index in [9.17, 15) is 18.0 Å². The van der Waals surface area contributed by atoms with Crippen LogP contribution in [0.5, 0.6) is 0 Å². The number of nitrogens with zero attached hydrogens (tertiary/aromatic N) is 2. The average molecular weight is 489 g/mol. The van der Waals surface area contributed by atoms with Crippen molar-refractivity contribution in [3.8, 4) is 0 Å². The fourth-order valence-corrected chi connectivity index (χ4v) is 4.80. The van der Waals surface area contributed by atoms with E-state index in [4.69, 9.17) is 5.21 Å². The first-order valence-corrected chi connectivity index (χ1v) is 11.8. The van der Waals surface area contributed by atoms with E-state index in [1.165, 1.54) is 40.1 Å². The Hall–Kier alpha value is -4.54. The number of hydroxylamine groups is 1. The van der Waals surface area contributed by atoms with E-state index >= 15 is 0 Å². The molecular formula is C25H20N4O5S. The second kappa shape index (κ2) is 10.2. The van der Waals surface area contributed by atoms with Crippen LogP contribution in [-0.2, 0) is 14.8 Å². The van der Waals surface area contributed by atoms with Crippen LogP contribution in [0.15, 0.2) is 101 Å². The van der Waals surface area contributed by atoms with E-state index in [1.54, 1.807) is 66.7 Å². The van der Waals surface area contributed by atoms with Gasteiger partial charge in [-0.25, -0.2) is 23.3 Å². The van der Waals surface area contributed by atoms with Gasteiger partial charge in [-0.1, -0.05) is 48.5 Å². The summed E-state index contributed by atoms with van der Waals surface area (Å²) in [4.78, 5) is 23.8. The number of amides is 2. The first-order valence-electron chi connectivity index (χ1n) is 10.4. The molecule has 0 radical (unpaired) electrons. The minimum Gasteiger partial charge on any atom is -0.288 e. The van der Waals surface area contributed by atoms with Crippen LogP contribution in [0.25, 0.3) is 17.0 Å². The zero-order chi connectivity index (χ0) is 24.8. The number of fused-ring (bicyclic) bond motifs is 1. The lowest BCUT2D eigenvalue weighted by Gasteiger charge is -2.07. The van der Waals surface area contributed by atoms with Crippen molar-refractivity contribution < 1.29 is 23.2 Å². The van der Waals surface area contributed by atoms with Gasteiger partial charge in [-0.05, 0) is 42.0 Å². The predicted molar refractivity (Wildman–Crippen MR) is 131 cm³/mol. The van der Waals surface area contributed by atoms with Crippen molar-refractivity contribution in [2.24, 2.45) is 5.10 Å². The zero-order valence-corrected chi connectivity index (χ0v) is 19.0. The number of hydrogen-bond donors (Lipinski definition) is 3. The molecule has 3 N–H and O–H groups in total. The molecule has 0 aliphatic rings. The molecule has 1 aromatic heterocycles. The van der Waals surface area contributed by atoms with Gasteiger partial charge in [0.05, 0.1) is 16.6 Å². The molecule has 0 unspecified atom stereocenters. The normalized spacial score (nSPS) is 11.8. The molecule has 0 saturated heterocycles. The van der Waals surface area contributed by atoms with Crippen molar-refractivity contribution in [1.29, 1.82) is 0 Å². The van der Waals surface area contributed by atoms with Crippen molar-refractivity contribution in [3.63, 3.8) is 0 Å². The van der Waals surface area contributed by atoms with E-state index < -0.39 is 21.8 Å². The van der Waals surface area contributed by atoms with E-state index in [0.717, 1.165) is 6.08 Å². The van der Waals surface area contributed by atoms with Crippen molar-refractivity contribution in [1.82, 2.24) is 14.9 Å². The number of nitrogens with one attached hydrogen (secondary N) is 2. The van der Waals surface area contributed by atoms with Crippen molar-refractivity contribution in [2.75, 3.05) is 0 Å². The van der Waals surface area contributed by atoms with Crippen LogP contribution in [0.2, 0.25) is 0 Å². The third kappa shape index (κ3) is 5.18. The maximum atomic E-state index is 13.2. The quantitative estimate of drug-likeness (QED) is 0.159. The molecule has 0 fully saturated rings. The molecular weight excluding hydrogens is 468 g/mol. The summed E-state index contributed by atoms with van der Waals surface area (Å²) in [7, 11) is -3.83. The van der Waals surface area contributed by atoms with Gasteiger partial charge in [-0.15, -0.1) is 0 Å². The summed E-state index contributed by atoms with van der Waals surface area (Å²) in [5.41, 5.74) is 5.76. The third-order valence-corrected chi connectivity index (χ3v) is 6.75. The summed E-state index contributed by atoms with van der Waals surface area (Å²) in [6.45, 7) is 0. The summed E-state index contributed by atoms with van der Waals surface area (Å²) in [5.74, 6) is -1.19. The highest BCUT2D eigenvalue weighted by Gasteiger charge is 2.20. The molecule has 0 atom stereocenters. The predicted octanol–water partition coefficient (Wildman–Crippen LogP) is 3.16. The Balaban J connectivity index is 1.58. The minimum absolute atomic E-state index is 0.156. The molecule has 0 aliphatic heterocycles. The zero-order valence-electron chi connectivity index (χ0n) is 18.2. The van der Waals surface area contributed by atoms with E-state index in [0.29, 0.717) is 27.6 Å². The molecule has 4 rings (SSSR count). The highest BCUT2D eigenvalue weighted by atomic mass is 32.2. The summed E-state index contributed by atoms with van der Waals surface area (Å²) >= 11 is 0. The third-order valence-electron chi connectivity index (χ3n) is 5.06. The van der Waals surface area contributed by atoms with Crippen LogP contribution in [0.1, 0.15) is 21.5 Å². The lowest BCUT2D eigenvalue weighted by molar-refractivity contribution is -0.124. The highest BCUT2D eigenvalue weighted by molar-refractivity contribution is 7.90. The summed E-state index contributed by atoms with van der Waals surface area (Å²) in [6.07, 6.45) is 5.40. The summed E-state index contributed by atoms with van der Waals surface area (Å²) < 4.78 is 27.6. The number of hydrazone groups is 1. The largest absolute Gasteiger partial charge is 0.288 e. The molecule has 0 saturated carbocycles. The number of hydrogen-bond acceptors (Lipinski definition) is 6. The maximum absolute atomic E-state index is 13.2. The molecule has 0 aliphatic carbocycles. The fourth-order valence-electron chi connectivity index (χ4n) is 3.40. The highest BCUT2D eigenvalue weighted by Crippen LogP contribution is 2.25. The number of para-hydroxylation sites is 1. The molecule has 35 heavy (non-hydrogen) atoms. The van der Waals surface area contributed by atoms with E-state index in [2.05, 4.69) is 10.5 Å². The number of benzene rings is 3. The second-order valence-corrected chi connectivity index (χ2v) is 9.16. The molecule has 0 spiro atoms. The molecule has 9 nitrogen and oxygen atoms in total. The lowest BCUT2D eigenvalue weighted by Crippen LogP contribution is -2.17. The smallest absolute Gasteiger partial charge is 0.271 e. The summed E-state index contributed by atoms with van der Waals surface area (Å²) in [5, 5.41) is 13.2. The van der Waals surface area contributed by atoms with Crippen molar-refractivity contribution in [2.45, 2.75) is 4.90 Å². The Labute approximate surface area is 201 Å². The number of carbonyl (C=O) groups is 2. The number of carbonyl (C=O) groups excluding carboxylic acids is 2. The standard InChI is InChI=1S/C25H20N4O5S/c30-24(28-32)14-13-18-7-6-8-19(15-18)25(31)27-26-16-20-17-29(23-12-5-4-11-22(20)23)35(33,34)21-9-2-1-3-10-21/h1-17,32H,(H,27,31)(H,28,30)/b14-13+,26-16+. The minimum atomic E-state index is -3.83. The van der Waals surface area contributed by atoms with Crippen molar-refractivity contribution in [3.05, 3.63) is 108 Å². The Morgan fingerprint density at radius 2 is 1.69 bits per heavy atom. The van der Waals surface area contributed by atoms with Gasteiger partial charge < -0.3 is 0 Å². The van der Waals surface area contributed by atoms with Crippen LogP contribution >= 0.6 is 0 Å². The molecule has 1 heterocycles. The fraction of sp³-hybridized carbons (Fsp3) is 0. The average Bonchev–Trinajstić information content (AvgIpc) is 3.27. The molecule has 10 heteroatoms.